The van der Waals surface area contributed by atoms with Gasteiger partial charge in [0.2, 0.25) is 0 Å². The molecular formula is C19H30O2. The molecule has 1 atom stereocenters. The predicted molar refractivity (Wildman–Crippen MR) is 89.5 cm³/mol. The van der Waals surface area contributed by atoms with E-state index in [1.54, 1.807) is 0 Å². The van der Waals surface area contributed by atoms with E-state index in [1.165, 1.54) is 5.56 Å². The zero-order valence-electron chi connectivity index (χ0n) is 13.8. The van der Waals surface area contributed by atoms with Gasteiger partial charge in [-0.1, -0.05) is 70.0 Å². The van der Waals surface area contributed by atoms with Crippen molar-refractivity contribution >= 4 is 0 Å². The summed E-state index contributed by atoms with van der Waals surface area (Å²) < 4.78 is 11.6. The summed E-state index contributed by atoms with van der Waals surface area (Å²) in [6.07, 6.45) is 8.47. The standard InChI is InChI=1S/C19H30O2/c1-4-6-15-20-19(21-16-7-5-2)14-13-17(3)18-11-9-8-10-12-18/h8-14,17,19H,4-7,15-16H2,1-3H3. The minimum Gasteiger partial charge on any atom is -0.349 e. The van der Waals surface area contributed by atoms with Gasteiger partial charge < -0.3 is 9.47 Å². The minimum absolute atomic E-state index is 0.214. The molecule has 0 saturated carbocycles. The summed E-state index contributed by atoms with van der Waals surface area (Å²) >= 11 is 0. The number of ether oxygens (including phenoxy) is 2. The molecule has 1 rings (SSSR count). The van der Waals surface area contributed by atoms with Gasteiger partial charge in [0.1, 0.15) is 0 Å². The highest BCUT2D eigenvalue weighted by Crippen LogP contribution is 2.16. The Morgan fingerprint density at radius 1 is 0.905 bits per heavy atom. The van der Waals surface area contributed by atoms with Gasteiger partial charge in [0.15, 0.2) is 6.29 Å². The van der Waals surface area contributed by atoms with Crippen molar-refractivity contribution in [3.05, 3.63) is 48.0 Å². The zero-order valence-corrected chi connectivity index (χ0v) is 13.8. The van der Waals surface area contributed by atoms with E-state index in [4.69, 9.17) is 9.47 Å². The third-order valence-electron chi connectivity index (χ3n) is 3.44. The maximum Gasteiger partial charge on any atom is 0.176 e. The number of unbranched alkanes of at least 4 members (excludes halogenated alkanes) is 2. The molecule has 1 aromatic rings. The fourth-order valence-electron chi connectivity index (χ4n) is 1.97. The highest BCUT2D eigenvalue weighted by molar-refractivity contribution is 5.22. The van der Waals surface area contributed by atoms with E-state index in [9.17, 15) is 0 Å². The highest BCUT2D eigenvalue weighted by atomic mass is 16.7. The number of hydrogen-bond donors (Lipinski definition) is 0. The van der Waals surface area contributed by atoms with E-state index in [0.29, 0.717) is 5.92 Å². The van der Waals surface area contributed by atoms with Crippen LogP contribution in [0.1, 0.15) is 57.9 Å². The van der Waals surface area contributed by atoms with Crippen LogP contribution in [0.2, 0.25) is 0 Å². The molecule has 0 aliphatic carbocycles. The Morgan fingerprint density at radius 2 is 1.48 bits per heavy atom. The first kappa shape index (κ1) is 17.9. The van der Waals surface area contributed by atoms with Crippen molar-refractivity contribution < 1.29 is 9.47 Å². The van der Waals surface area contributed by atoms with Crippen LogP contribution in [0.4, 0.5) is 0 Å². The van der Waals surface area contributed by atoms with Gasteiger partial charge in [-0.25, -0.2) is 0 Å². The Kier molecular flexibility index (Phi) is 9.84. The average molecular weight is 290 g/mol. The molecule has 0 saturated heterocycles. The summed E-state index contributed by atoms with van der Waals surface area (Å²) in [7, 11) is 0. The van der Waals surface area contributed by atoms with E-state index in [0.717, 1.165) is 38.9 Å². The fourth-order valence-corrected chi connectivity index (χ4v) is 1.97. The molecule has 0 aliphatic rings. The van der Waals surface area contributed by atoms with Crippen LogP contribution >= 0.6 is 0 Å². The molecule has 0 spiro atoms. The first-order valence-corrected chi connectivity index (χ1v) is 8.24. The van der Waals surface area contributed by atoms with Gasteiger partial charge in [0.25, 0.3) is 0 Å². The lowest BCUT2D eigenvalue weighted by atomic mass is 10.0. The molecule has 0 amide bonds. The van der Waals surface area contributed by atoms with Gasteiger partial charge >= 0.3 is 0 Å². The van der Waals surface area contributed by atoms with Crippen LogP contribution in [-0.2, 0) is 9.47 Å². The van der Waals surface area contributed by atoms with E-state index < -0.39 is 0 Å². The molecular weight excluding hydrogens is 260 g/mol. The molecule has 1 aromatic carbocycles. The Hall–Kier alpha value is -1.12. The molecule has 0 heterocycles. The molecule has 0 radical (unpaired) electrons. The van der Waals surface area contributed by atoms with E-state index in [1.807, 2.05) is 6.07 Å². The maximum atomic E-state index is 5.81. The maximum absolute atomic E-state index is 5.81. The largest absolute Gasteiger partial charge is 0.349 e. The topological polar surface area (TPSA) is 18.5 Å². The van der Waals surface area contributed by atoms with Crippen molar-refractivity contribution in [2.45, 2.75) is 58.7 Å². The number of allylic oxidation sites excluding steroid dienone is 1. The minimum atomic E-state index is -0.214. The van der Waals surface area contributed by atoms with Crippen molar-refractivity contribution in [2.24, 2.45) is 0 Å². The number of benzene rings is 1. The fraction of sp³-hybridized carbons (Fsp3) is 0.579. The summed E-state index contributed by atoms with van der Waals surface area (Å²) in [6.45, 7) is 8.06. The average Bonchev–Trinajstić information content (AvgIpc) is 2.53. The smallest absolute Gasteiger partial charge is 0.176 e. The van der Waals surface area contributed by atoms with Crippen molar-refractivity contribution in [2.75, 3.05) is 13.2 Å². The number of rotatable bonds is 11. The molecule has 0 bridgehead atoms. The zero-order chi connectivity index (χ0) is 15.3. The summed E-state index contributed by atoms with van der Waals surface area (Å²) in [4.78, 5) is 0. The molecule has 2 heteroatoms. The van der Waals surface area contributed by atoms with Crippen molar-refractivity contribution in [3.8, 4) is 0 Å². The predicted octanol–water partition coefficient (Wildman–Crippen LogP) is 5.31. The first-order chi connectivity index (χ1) is 10.3. The van der Waals surface area contributed by atoms with Crippen LogP contribution in [0.3, 0.4) is 0 Å². The lowest BCUT2D eigenvalue weighted by Crippen LogP contribution is -2.16. The lowest BCUT2D eigenvalue weighted by Gasteiger charge is -2.16. The SMILES string of the molecule is CCCCOC(C=CC(C)c1ccccc1)OCCCC. The van der Waals surface area contributed by atoms with Gasteiger partial charge in [0.05, 0.1) is 13.2 Å². The van der Waals surface area contributed by atoms with E-state index in [-0.39, 0.29) is 6.29 Å². The van der Waals surface area contributed by atoms with Crippen LogP contribution in [0.5, 0.6) is 0 Å². The first-order valence-electron chi connectivity index (χ1n) is 8.24. The van der Waals surface area contributed by atoms with Crippen molar-refractivity contribution in [3.63, 3.8) is 0 Å². The molecule has 0 aliphatic heterocycles. The Balaban J connectivity index is 2.50. The molecule has 0 aromatic heterocycles. The van der Waals surface area contributed by atoms with Crippen LogP contribution < -0.4 is 0 Å². The Morgan fingerprint density at radius 3 is 2.00 bits per heavy atom. The van der Waals surface area contributed by atoms with Gasteiger partial charge in [0, 0.05) is 0 Å². The van der Waals surface area contributed by atoms with Crippen LogP contribution in [0.25, 0.3) is 0 Å². The van der Waals surface area contributed by atoms with Crippen LogP contribution in [0, 0.1) is 0 Å². The van der Waals surface area contributed by atoms with Gasteiger partial charge in [-0.15, -0.1) is 0 Å². The van der Waals surface area contributed by atoms with Gasteiger partial charge in [-0.2, -0.15) is 0 Å². The number of hydrogen-bond acceptors (Lipinski definition) is 2. The second-order valence-electron chi connectivity index (χ2n) is 5.40. The third kappa shape index (κ3) is 8.03. The van der Waals surface area contributed by atoms with Crippen molar-refractivity contribution in [1.82, 2.24) is 0 Å². The third-order valence-corrected chi connectivity index (χ3v) is 3.44. The monoisotopic (exact) mass is 290 g/mol. The Bertz CT molecular complexity index is 362. The van der Waals surface area contributed by atoms with Crippen molar-refractivity contribution in [1.29, 1.82) is 0 Å². The van der Waals surface area contributed by atoms with Gasteiger partial charge in [-0.3, -0.25) is 0 Å². The molecule has 0 fully saturated rings. The summed E-state index contributed by atoms with van der Waals surface area (Å²) in [5.74, 6) is 0.373. The van der Waals surface area contributed by atoms with E-state index >= 15 is 0 Å². The second kappa shape index (κ2) is 11.5. The second-order valence-corrected chi connectivity index (χ2v) is 5.40. The van der Waals surface area contributed by atoms with E-state index in [2.05, 4.69) is 57.2 Å². The molecule has 1 unspecified atom stereocenters. The quantitative estimate of drug-likeness (QED) is 0.312. The van der Waals surface area contributed by atoms with Crippen LogP contribution in [-0.4, -0.2) is 19.5 Å². The lowest BCUT2D eigenvalue weighted by molar-refractivity contribution is -0.112. The molecule has 21 heavy (non-hydrogen) atoms. The summed E-state index contributed by atoms with van der Waals surface area (Å²) in [5, 5.41) is 0. The molecule has 0 N–H and O–H groups in total. The Labute approximate surface area is 130 Å². The highest BCUT2D eigenvalue weighted by Gasteiger charge is 2.06. The van der Waals surface area contributed by atoms with Gasteiger partial charge in [-0.05, 0) is 30.4 Å². The molecule has 2 nitrogen and oxygen atoms in total. The van der Waals surface area contributed by atoms with Crippen LogP contribution in [0.15, 0.2) is 42.5 Å². The molecule has 118 valence electrons. The summed E-state index contributed by atoms with van der Waals surface area (Å²) in [6, 6.07) is 10.5. The summed E-state index contributed by atoms with van der Waals surface area (Å²) in [5.41, 5.74) is 1.31. The normalized spacial score (nSPS) is 13.1.